The zero-order chi connectivity index (χ0) is 12.4. The summed E-state index contributed by atoms with van der Waals surface area (Å²) >= 11 is 3.31. The summed E-state index contributed by atoms with van der Waals surface area (Å²) in [6, 6.07) is 9.97. The fraction of sp³-hybridized carbons (Fsp3) is 0.462. The Morgan fingerprint density at radius 2 is 1.94 bits per heavy atom. The predicted octanol–water partition coefficient (Wildman–Crippen LogP) is 3.62. The molecule has 0 aliphatic carbocycles. The number of amides is 1. The molecule has 1 rings (SSSR count). The molecule has 0 spiro atoms. The third-order valence-corrected chi connectivity index (χ3v) is 2.66. The number of halogens is 1. The summed E-state index contributed by atoms with van der Waals surface area (Å²) in [5.41, 5.74) is 0. The molecule has 1 N–H and O–H groups in total. The Kier molecular flexibility index (Phi) is 8.91. The summed E-state index contributed by atoms with van der Waals surface area (Å²) in [4.78, 5) is 10.4. The first-order valence-electron chi connectivity index (χ1n) is 5.51. The minimum Gasteiger partial charge on any atom is -0.356 e. The molecule has 1 amide bonds. The summed E-state index contributed by atoms with van der Waals surface area (Å²) in [6.07, 6.45) is 1.13. The Hall–Kier alpha value is -0.830. The van der Waals surface area contributed by atoms with Gasteiger partial charge in [-0.2, -0.15) is 0 Å². The van der Waals surface area contributed by atoms with Crippen molar-refractivity contribution in [3.8, 4) is 0 Å². The maximum atomic E-state index is 10.4. The van der Waals surface area contributed by atoms with Crippen LogP contribution in [0.2, 0.25) is 0 Å². The van der Waals surface area contributed by atoms with E-state index in [0.717, 1.165) is 17.4 Å². The molecule has 0 aliphatic heterocycles. The third-order valence-electron chi connectivity index (χ3n) is 2.13. The molecule has 2 nitrogen and oxygen atoms in total. The van der Waals surface area contributed by atoms with Gasteiger partial charge in [0.15, 0.2) is 0 Å². The van der Waals surface area contributed by atoms with Crippen molar-refractivity contribution in [2.75, 3.05) is 6.54 Å². The number of benzene rings is 1. The number of rotatable bonds is 3. The first kappa shape index (κ1) is 15.2. The predicted molar refractivity (Wildman–Crippen MR) is 72.3 cm³/mol. The molecule has 0 fully saturated rings. The van der Waals surface area contributed by atoms with E-state index in [4.69, 9.17) is 0 Å². The standard InChI is InChI=1S/C7H15NO.C6H5Br/c1-4-6(2)5-8-7(3)9;7-6-4-2-1-3-5-6/h6H,4-5H2,1-3H3,(H,8,9);1-5H. The third kappa shape index (κ3) is 9.71. The van der Waals surface area contributed by atoms with Crippen LogP contribution in [-0.2, 0) is 4.79 Å². The Bertz CT molecular complexity index is 287. The van der Waals surface area contributed by atoms with Gasteiger partial charge >= 0.3 is 0 Å². The topological polar surface area (TPSA) is 29.1 Å². The van der Waals surface area contributed by atoms with Crippen LogP contribution in [0.1, 0.15) is 27.2 Å². The van der Waals surface area contributed by atoms with Gasteiger partial charge in [-0.1, -0.05) is 54.4 Å². The zero-order valence-electron chi connectivity index (χ0n) is 10.2. The summed E-state index contributed by atoms with van der Waals surface area (Å²) < 4.78 is 1.13. The molecule has 1 aromatic carbocycles. The largest absolute Gasteiger partial charge is 0.356 e. The molecular weight excluding hydrogens is 266 g/mol. The van der Waals surface area contributed by atoms with E-state index >= 15 is 0 Å². The Labute approximate surface area is 107 Å². The van der Waals surface area contributed by atoms with E-state index in [9.17, 15) is 4.79 Å². The van der Waals surface area contributed by atoms with Crippen molar-refractivity contribution in [2.45, 2.75) is 27.2 Å². The van der Waals surface area contributed by atoms with Crippen LogP contribution in [0.15, 0.2) is 34.8 Å². The second-order valence-electron chi connectivity index (χ2n) is 3.75. The molecule has 0 saturated carbocycles. The highest BCUT2D eigenvalue weighted by Crippen LogP contribution is 2.05. The second kappa shape index (κ2) is 9.40. The van der Waals surface area contributed by atoms with Gasteiger partial charge in [-0.25, -0.2) is 0 Å². The first-order chi connectivity index (χ1) is 7.56. The van der Waals surface area contributed by atoms with Crippen LogP contribution in [0, 0.1) is 5.92 Å². The van der Waals surface area contributed by atoms with Crippen molar-refractivity contribution in [1.82, 2.24) is 5.32 Å². The van der Waals surface area contributed by atoms with Gasteiger partial charge in [0, 0.05) is 17.9 Å². The van der Waals surface area contributed by atoms with Crippen LogP contribution in [-0.4, -0.2) is 12.5 Å². The molecule has 1 unspecified atom stereocenters. The van der Waals surface area contributed by atoms with Crippen molar-refractivity contribution < 1.29 is 4.79 Å². The van der Waals surface area contributed by atoms with E-state index in [1.165, 1.54) is 0 Å². The van der Waals surface area contributed by atoms with Gasteiger partial charge in [-0.05, 0) is 18.1 Å². The number of hydrogen-bond acceptors (Lipinski definition) is 1. The molecule has 0 aliphatic rings. The van der Waals surface area contributed by atoms with E-state index in [0.29, 0.717) is 5.92 Å². The average molecular weight is 286 g/mol. The zero-order valence-corrected chi connectivity index (χ0v) is 11.8. The van der Waals surface area contributed by atoms with E-state index in [1.807, 2.05) is 30.3 Å². The monoisotopic (exact) mass is 285 g/mol. The van der Waals surface area contributed by atoms with Crippen LogP contribution < -0.4 is 5.32 Å². The fourth-order valence-corrected chi connectivity index (χ4v) is 1.18. The Morgan fingerprint density at radius 3 is 2.25 bits per heavy atom. The molecular formula is C13H20BrNO. The van der Waals surface area contributed by atoms with Gasteiger partial charge in [-0.3, -0.25) is 4.79 Å². The summed E-state index contributed by atoms with van der Waals surface area (Å²) in [5.74, 6) is 0.671. The molecule has 90 valence electrons. The molecule has 0 saturated heterocycles. The van der Waals surface area contributed by atoms with Crippen LogP contribution in [0.3, 0.4) is 0 Å². The molecule has 1 atom stereocenters. The molecule has 0 radical (unpaired) electrons. The highest BCUT2D eigenvalue weighted by atomic mass is 79.9. The molecule has 0 heterocycles. The SMILES string of the molecule is Brc1ccccc1.CCC(C)CNC(C)=O. The lowest BCUT2D eigenvalue weighted by molar-refractivity contribution is -0.119. The number of carbonyl (C=O) groups excluding carboxylic acids is 1. The van der Waals surface area contributed by atoms with Crippen LogP contribution in [0.25, 0.3) is 0 Å². The Morgan fingerprint density at radius 1 is 1.38 bits per heavy atom. The van der Waals surface area contributed by atoms with E-state index in [1.54, 1.807) is 6.92 Å². The lowest BCUT2D eigenvalue weighted by Crippen LogP contribution is -2.25. The minimum atomic E-state index is 0.0651. The fourth-order valence-electron chi connectivity index (χ4n) is 0.877. The van der Waals surface area contributed by atoms with E-state index in [-0.39, 0.29) is 5.91 Å². The van der Waals surface area contributed by atoms with Gasteiger partial charge in [-0.15, -0.1) is 0 Å². The molecule has 0 bridgehead atoms. The summed E-state index contributed by atoms with van der Waals surface area (Å²) in [7, 11) is 0. The van der Waals surface area contributed by atoms with Crippen LogP contribution >= 0.6 is 15.9 Å². The average Bonchev–Trinajstić information content (AvgIpc) is 2.27. The molecule has 1 aromatic rings. The van der Waals surface area contributed by atoms with Gasteiger partial charge < -0.3 is 5.32 Å². The van der Waals surface area contributed by atoms with Crippen LogP contribution in [0.5, 0.6) is 0 Å². The minimum absolute atomic E-state index is 0.0651. The van der Waals surface area contributed by atoms with Crippen molar-refractivity contribution in [2.24, 2.45) is 5.92 Å². The maximum Gasteiger partial charge on any atom is 0.216 e. The lowest BCUT2D eigenvalue weighted by Gasteiger charge is -2.07. The van der Waals surface area contributed by atoms with E-state index in [2.05, 4.69) is 35.1 Å². The van der Waals surface area contributed by atoms with Crippen molar-refractivity contribution in [3.63, 3.8) is 0 Å². The van der Waals surface area contributed by atoms with Gasteiger partial charge in [0.05, 0.1) is 0 Å². The summed E-state index contributed by atoms with van der Waals surface area (Å²) in [5, 5.41) is 2.76. The van der Waals surface area contributed by atoms with Crippen LogP contribution in [0.4, 0.5) is 0 Å². The number of nitrogens with one attached hydrogen (secondary N) is 1. The molecule has 3 heteroatoms. The lowest BCUT2D eigenvalue weighted by atomic mass is 10.1. The number of hydrogen-bond donors (Lipinski definition) is 1. The van der Waals surface area contributed by atoms with Crippen molar-refractivity contribution in [3.05, 3.63) is 34.8 Å². The Balaban J connectivity index is 0.000000288. The molecule has 16 heavy (non-hydrogen) atoms. The summed E-state index contributed by atoms with van der Waals surface area (Å²) in [6.45, 7) is 6.59. The highest BCUT2D eigenvalue weighted by molar-refractivity contribution is 9.10. The van der Waals surface area contributed by atoms with Crippen molar-refractivity contribution in [1.29, 1.82) is 0 Å². The second-order valence-corrected chi connectivity index (χ2v) is 4.66. The van der Waals surface area contributed by atoms with Crippen molar-refractivity contribution >= 4 is 21.8 Å². The highest BCUT2D eigenvalue weighted by Gasteiger charge is 1.97. The van der Waals surface area contributed by atoms with Gasteiger partial charge in [0.2, 0.25) is 5.91 Å². The first-order valence-corrected chi connectivity index (χ1v) is 6.30. The maximum absolute atomic E-state index is 10.4. The van der Waals surface area contributed by atoms with E-state index < -0.39 is 0 Å². The van der Waals surface area contributed by atoms with Gasteiger partial charge in [0.1, 0.15) is 0 Å². The van der Waals surface area contributed by atoms with Gasteiger partial charge in [0.25, 0.3) is 0 Å². The quantitative estimate of drug-likeness (QED) is 0.903. The number of carbonyl (C=O) groups is 1. The normalized spacial score (nSPS) is 11.0. The molecule has 0 aromatic heterocycles. The smallest absolute Gasteiger partial charge is 0.216 e.